The maximum atomic E-state index is 10.5. The third-order valence-electron chi connectivity index (χ3n) is 1.27. The van der Waals surface area contributed by atoms with Gasteiger partial charge in [-0.3, -0.25) is 9.78 Å². The van der Waals surface area contributed by atoms with Gasteiger partial charge >= 0.3 is 6.16 Å². The molecule has 14 heavy (non-hydrogen) atoms. The average Bonchev–Trinajstić information content (AvgIpc) is 2.60. The van der Waals surface area contributed by atoms with Crippen LogP contribution in [-0.4, -0.2) is 31.0 Å². The first-order valence-electron chi connectivity index (χ1n) is 3.49. The Hall–Kier alpha value is -1.87. The highest BCUT2D eigenvalue weighted by Crippen LogP contribution is 1.94. The molecule has 0 aromatic carbocycles. The molecule has 0 amide bonds. The lowest BCUT2D eigenvalue weighted by molar-refractivity contribution is 0.0610. The van der Waals surface area contributed by atoms with Gasteiger partial charge in [-0.25, -0.2) is 4.79 Å². The van der Waals surface area contributed by atoms with Gasteiger partial charge in [0.15, 0.2) is 11.5 Å². The zero-order valence-electron chi connectivity index (χ0n) is 7.26. The first kappa shape index (κ1) is 10.2. The van der Waals surface area contributed by atoms with Crippen molar-refractivity contribution in [3.63, 3.8) is 0 Å². The van der Waals surface area contributed by atoms with Crippen molar-refractivity contribution in [2.45, 2.75) is 6.17 Å². The molecule has 0 bridgehead atoms. The zero-order chi connectivity index (χ0) is 10.6. The molecule has 0 aliphatic carbocycles. The molecule has 1 atom stereocenters. The normalized spacial score (nSPS) is 21.1. The lowest BCUT2D eigenvalue weighted by Crippen LogP contribution is -2.44. The highest BCUT2D eigenvalue weighted by Gasteiger charge is 2.22. The van der Waals surface area contributed by atoms with E-state index in [0.29, 0.717) is 0 Å². The Bertz CT molecular complexity index is 288. The van der Waals surface area contributed by atoms with E-state index in [4.69, 9.17) is 11.5 Å². The molecule has 0 fully saturated rings. The maximum absolute atomic E-state index is 10.5. The number of hydroxylamine groups is 1. The van der Waals surface area contributed by atoms with Crippen molar-refractivity contribution in [2.75, 3.05) is 7.11 Å². The molecule has 1 rings (SSSR count). The summed E-state index contributed by atoms with van der Waals surface area (Å²) >= 11 is 0. The summed E-state index contributed by atoms with van der Waals surface area (Å²) in [5, 5.41) is 6.63. The topological polar surface area (TPSA) is 134 Å². The first-order chi connectivity index (χ1) is 6.65. The van der Waals surface area contributed by atoms with Crippen molar-refractivity contribution >= 4 is 17.7 Å². The second-order valence-electron chi connectivity index (χ2n) is 2.19. The van der Waals surface area contributed by atoms with Crippen LogP contribution in [0.25, 0.3) is 0 Å². The van der Waals surface area contributed by atoms with Gasteiger partial charge in [-0.05, 0) is 0 Å². The Morgan fingerprint density at radius 3 is 3.00 bits per heavy atom. The Balaban J connectivity index is 2.56. The van der Waals surface area contributed by atoms with Crippen molar-refractivity contribution in [1.82, 2.24) is 5.48 Å². The Morgan fingerprint density at radius 2 is 2.50 bits per heavy atom. The molecule has 0 saturated carbocycles. The molecule has 1 heterocycles. The van der Waals surface area contributed by atoms with Crippen LogP contribution in [-0.2, 0) is 14.5 Å². The van der Waals surface area contributed by atoms with Crippen LogP contribution in [0, 0.1) is 0 Å². The highest BCUT2D eigenvalue weighted by atomic mass is 16.8. The van der Waals surface area contributed by atoms with Crippen molar-refractivity contribution in [2.24, 2.45) is 21.8 Å². The molecular formula is C5H9N5O4. The molecule has 9 nitrogen and oxygen atoms in total. The number of nitrogens with one attached hydrogen (secondary N) is 1. The van der Waals surface area contributed by atoms with Gasteiger partial charge in [-0.1, -0.05) is 10.3 Å². The van der Waals surface area contributed by atoms with Gasteiger partial charge < -0.3 is 16.2 Å². The fraction of sp³-hybridized carbons (Fsp3) is 0.400. The molecule has 0 radical (unpaired) electrons. The van der Waals surface area contributed by atoms with E-state index in [9.17, 15) is 4.79 Å². The van der Waals surface area contributed by atoms with Crippen LogP contribution in [0.15, 0.2) is 10.3 Å². The summed E-state index contributed by atoms with van der Waals surface area (Å²) in [6.07, 6.45) is -1.70. The fourth-order valence-electron chi connectivity index (χ4n) is 0.621. The van der Waals surface area contributed by atoms with Gasteiger partial charge in [-0.2, -0.15) is 0 Å². The molecule has 9 heteroatoms. The number of nitrogens with two attached hydrogens (primary N) is 2. The Kier molecular flexibility index (Phi) is 3.20. The van der Waals surface area contributed by atoms with Gasteiger partial charge in [0.2, 0.25) is 0 Å². The summed E-state index contributed by atoms with van der Waals surface area (Å²) in [6.45, 7) is 0. The van der Waals surface area contributed by atoms with Crippen LogP contribution >= 0.6 is 0 Å². The summed E-state index contributed by atoms with van der Waals surface area (Å²) in [6, 6.07) is 0. The number of amidine groups is 1. The van der Waals surface area contributed by atoms with Crippen LogP contribution in [0.2, 0.25) is 0 Å². The largest absolute Gasteiger partial charge is 0.534 e. The maximum Gasteiger partial charge on any atom is 0.534 e. The van der Waals surface area contributed by atoms with Crippen molar-refractivity contribution < 1.29 is 19.3 Å². The number of rotatable bonds is 2. The standard InChI is InChI=1S/C5H9N5O4/c1-12-5(11)13-9-3(6)2-4(7)10-14-8-2/h4,10H,7H2,1H3,(H2,6,9). The molecule has 0 saturated heterocycles. The number of hydrogen-bond acceptors (Lipinski definition) is 8. The summed E-state index contributed by atoms with van der Waals surface area (Å²) in [4.78, 5) is 19.1. The molecular weight excluding hydrogens is 194 g/mol. The number of nitrogens with zero attached hydrogens (tertiary/aromatic N) is 2. The molecule has 0 aromatic rings. The fourth-order valence-corrected chi connectivity index (χ4v) is 0.621. The number of oxime groups is 2. The van der Waals surface area contributed by atoms with E-state index in [1.807, 2.05) is 0 Å². The SMILES string of the molecule is COC(=O)O/N=C(/N)C1=NONC1N. The third-order valence-corrected chi connectivity index (χ3v) is 1.27. The smallest absolute Gasteiger partial charge is 0.436 e. The monoisotopic (exact) mass is 203 g/mol. The van der Waals surface area contributed by atoms with Crippen molar-refractivity contribution in [3.05, 3.63) is 0 Å². The second-order valence-corrected chi connectivity index (χ2v) is 2.19. The Labute approximate surface area is 78.6 Å². The summed E-state index contributed by atoms with van der Waals surface area (Å²) in [7, 11) is 1.14. The summed E-state index contributed by atoms with van der Waals surface area (Å²) in [5.74, 6) is -0.173. The molecule has 0 aromatic heterocycles. The van der Waals surface area contributed by atoms with Gasteiger partial charge in [0, 0.05) is 0 Å². The van der Waals surface area contributed by atoms with Gasteiger partial charge in [-0.15, -0.1) is 5.48 Å². The molecule has 5 N–H and O–H groups in total. The van der Waals surface area contributed by atoms with Crippen LogP contribution in [0.3, 0.4) is 0 Å². The number of carbonyl (C=O) groups excluding carboxylic acids is 1. The third kappa shape index (κ3) is 2.31. The second kappa shape index (κ2) is 4.39. The van der Waals surface area contributed by atoms with Crippen LogP contribution in [0.5, 0.6) is 0 Å². The van der Waals surface area contributed by atoms with Gasteiger partial charge in [0.1, 0.15) is 6.17 Å². The molecule has 1 aliphatic rings. The molecule has 1 unspecified atom stereocenters. The molecule has 0 spiro atoms. The number of ether oxygens (including phenoxy) is 1. The lowest BCUT2D eigenvalue weighted by Gasteiger charge is -2.02. The average molecular weight is 203 g/mol. The number of methoxy groups -OCH3 is 1. The van der Waals surface area contributed by atoms with Crippen molar-refractivity contribution in [3.8, 4) is 0 Å². The minimum atomic E-state index is -0.992. The van der Waals surface area contributed by atoms with E-state index in [2.05, 4.69) is 30.3 Å². The molecule has 1 aliphatic heterocycles. The summed E-state index contributed by atoms with van der Waals surface area (Å²) in [5.41, 5.74) is 13.2. The minimum absolute atomic E-state index is 0.133. The van der Waals surface area contributed by atoms with E-state index in [1.165, 1.54) is 0 Å². The van der Waals surface area contributed by atoms with E-state index in [-0.39, 0.29) is 11.5 Å². The highest BCUT2D eigenvalue weighted by molar-refractivity contribution is 6.42. The van der Waals surface area contributed by atoms with Crippen LogP contribution < -0.4 is 16.9 Å². The first-order valence-corrected chi connectivity index (χ1v) is 3.49. The quantitative estimate of drug-likeness (QED) is 0.159. The number of carbonyl (C=O) groups is 1. The van der Waals surface area contributed by atoms with E-state index in [0.717, 1.165) is 7.11 Å². The summed E-state index contributed by atoms with van der Waals surface area (Å²) < 4.78 is 4.15. The van der Waals surface area contributed by atoms with E-state index >= 15 is 0 Å². The predicted molar refractivity (Wildman–Crippen MR) is 44.7 cm³/mol. The Morgan fingerprint density at radius 1 is 1.79 bits per heavy atom. The lowest BCUT2D eigenvalue weighted by atomic mass is 10.3. The van der Waals surface area contributed by atoms with Gasteiger partial charge in [0.05, 0.1) is 7.11 Å². The van der Waals surface area contributed by atoms with Crippen molar-refractivity contribution in [1.29, 1.82) is 0 Å². The van der Waals surface area contributed by atoms with Crippen LogP contribution in [0.4, 0.5) is 4.79 Å². The minimum Gasteiger partial charge on any atom is -0.436 e. The predicted octanol–water partition coefficient (Wildman–Crippen LogP) is -1.78. The van der Waals surface area contributed by atoms with E-state index in [1.54, 1.807) is 0 Å². The van der Waals surface area contributed by atoms with Crippen LogP contribution in [0.1, 0.15) is 0 Å². The molecule has 78 valence electrons. The number of hydrogen-bond donors (Lipinski definition) is 3. The zero-order valence-corrected chi connectivity index (χ0v) is 7.26. The van der Waals surface area contributed by atoms with E-state index < -0.39 is 12.3 Å². The van der Waals surface area contributed by atoms with Gasteiger partial charge in [0.25, 0.3) is 0 Å².